The SMILES string of the molecule is O=C(CCc1cc(Cl)no1)N1CCCC1Cn1nnc(-c2ccncc2)n1. The molecule has 1 fully saturated rings. The van der Waals surface area contributed by atoms with Gasteiger partial charge in [0.25, 0.3) is 0 Å². The zero-order valence-corrected chi connectivity index (χ0v) is 15.3. The van der Waals surface area contributed by atoms with E-state index in [1.165, 1.54) is 0 Å². The smallest absolute Gasteiger partial charge is 0.223 e. The first-order valence-electron chi connectivity index (χ1n) is 8.78. The van der Waals surface area contributed by atoms with Crippen molar-refractivity contribution in [1.82, 2.24) is 35.2 Å². The summed E-state index contributed by atoms with van der Waals surface area (Å²) in [4.78, 5) is 20.1. The van der Waals surface area contributed by atoms with Crippen LogP contribution in [0.25, 0.3) is 11.4 Å². The fraction of sp³-hybridized carbons (Fsp3) is 0.412. The number of carbonyl (C=O) groups is 1. The lowest BCUT2D eigenvalue weighted by Crippen LogP contribution is -2.38. The number of carbonyl (C=O) groups excluding carboxylic acids is 1. The maximum Gasteiger partial charge on any atom is 0.223 e. The van der Waals surface area contributed by atoms with Gasteiger partial charge in [-0.05, 0) is 30.2 Å². The average molecular weight is 388 g/mol. The Morgan fingerprint density at radius 3 is 2.96 bits per heavy atom. The van der Waals surface area contributed by atoms with Crippen LogP contribution in [0.2, 0.25) is 5.15 Å². The van der Waals surface area contributed by atoms with Crippen molar-refractivity contribution in [3.8, 4) is 11.4 Å². The number of pyridine rings is 1. The molecule has 10 heteroatoms. The summed E-state index contributed by atoms with van der Waals surface area (Å²) in [6.45, 7) is 1.27. The van der Waals surface area contributed by atoms with Gasteiger partial charge in [-0.15, -0.1) is 10.2 Å². The predicted molar refractivity (Wildman–Crippen MR) is 95.6 cm³/mol. The Kier molecular flexibility index (Phi) is 5.10. The Morgan fingerprint density at radius 2 is 2.19 bits per heavy atom. The van der Waals surface area contributed by atoms with Crippen LogP contribution >= 0.6 is 11.6 Å². The van der Waals surface area contributed by atoms with Crippen molar-refractivity contribution in [2.75, 3.05) is 6.54 Å². The molecule has 0 N–H and O–H groups in total. The van der Waals surface area contributed by atoms with Crippen LogP contribution < -0.4 is 0 Å². The Bertz CT molecular complexity index is 911. The number of nitrogens with zero attached hydrogens (tertiary/aromatic N) is 7. The lowest BCUT2D eigenvalue weighted by molar-refractivity contribution is -0.132. The summed E-state index contributed by atoms with van der Waals surface area (Å²) in [5.41, 5.74) is 0.862. The Balaban J connectivity index is 1.37. The summed E-state index contributed by atoms with van der Waals surface area (Å²) in [6.07, 6.45) is 6.11. The molecular weight excluding hydrogens is 370 g/mol. The number of rotatable bonds is 6. The molecule has 140 valence electrons. The van der Waals surface area contributed by atoms with Gasteiger partial charge in [0, 0.05) is 43.4 Å². The average Bonchev–Trinajstić information content (AvgIpc) is 3.42. The maximum absolute atomic E-state index is 12.6. The number of aromatic nitrogens is 6. The van der Waals surface area contributed by atoms with Gasteiger partial charge in [0.05, 0.1) is 12.6 Å². The van der Waals surface area contributed by atoms with Crippen LogP contribution in [0.15, 0.2) is 35.1 Å². The molecule has 1 unspecified atom stereocenters. The highest BCUT2D eigenvalue weighted by Crippen LogP contribution is 2.21. The van der Waals surface area contributed by atoms with Gasteiger partial charge in [0.1, 0.15) is 5.76 Å². The molecule has 1 aliphatic heterocycles. The number of aryl methyl sites for hydroxylation is 1. The summed E-state index contributed by atoms with van der Waals surface area (Å²) >= 11 is 5.74. The molecule has 0 aliphatic carbocycles. The first-order valence-corrected chi connectivity index (χ1v) is 9.15. The van der Waals surface area contributed by atoms with Crippen molar-refractivity contribution in [2.24, 2.45) is 0 Å². The van der Waals surface area contributed by atoms with Gasteiger partial charge in [0.15, 0.2) is 5.15 Å². The second kappa shape index (κ2) is 7.83. The van der Waals surface area contributed by atoms with Crippen molar-refractivity contribution < 1.29 is 9.32 Å². The van der Waals surface area contributed by atoms with Crippen LogP contribution in [-0.2, 0) is 17.8 Å². The van der Waals surface area contributed by atoms with Crippen molar-refractivity contribution in [3.05, 3.63) is 41.5 Å². The molecule has 0 aromatic carbocycles. The van der Waals surface area contributed by atoms with Crippen molar-refractivity contribution >= 4 is 17.5 Å². The Labute approximate surface area is 160 Å². The van der Waals surface area contributed by atoms with Gasteiger partial charge < -0.3 is 9.42 Å². The highest BCUT2D eigenvalue weighted by atomic mass is 35.5. The quantitative estimate of drug-likeness (QED) is 0.637. The fourth-order valence-electron chi connectivity index (χ4n) is 3.26. The lowest BCUT2D eigenvalue weighted by atomic mass is 10.2. The summed E-state index contributed by atoms with van der Waals surface area (Å²) in [6, 6.07) is 5.37. The predicted octanol–water partition coefficient (Wildman–Crippen LogP) is 2.00. The van der Waals surface area contributed by atoms with E-state index in [1.807, 2.05) is 17.0 Å². The minimum atomic E-state index is 0.0651. The molecule has 4 heterocycles. The van der Waals surface area contributed by atoms with Crippen LogP contribution in [0.5, 0.6) is 0 Å². The normalized spacial score (nSPS) is 16.8. The molecule has 9 nitrogen and oxygen atoms in total. The van der Waals surface area contributed by atoms with Gasteiger partial charge in [-0.3, -0.25) is 9.78 Å². The first kappa shape index (κ1) is 17.6. The minimum Gasteiger partial charge on any atom is -0.360 e. The van der Waals surface area contributed by atoms with Gasteiger partial charge in [-0.25, -0.2) is 0 Å². The molecule has 1 saturated heterocycles. The maximum atomic E-state index is 12.6. The summed E-state index contributed by atoms with van der Waals surface area (Å²) < 4.78 is 5.06. The third kappa shape index (κ3) is 4.13. The number of tetrazole rings is 1. The molecule has 3 aromatic rings. The molecule has 1 atom stereocenters. The van der Waals surface area contributed by atoms with Gasteiger partial charge in [0.2, 0.25) is 11.7 Å². The van der Waals surface area contributed by atoms with E-state index in [0.717, 1.165) is 24.9 Å². The van der Waals surface area contributed by atoms with E-state index in [4.69, 9.17) is 16.1 Å². The zero-order chi connectivity index (χ0) is 18.6. The largest absolute Gasteiger partial charge is 0.360 e. The van der Waals surface area contributed by atoms with Crippen molar-refractivity contribution in [1.29, 1.82) is 0 Å². The molecule has 27 heavy (non-hydrogen) atoms. The highest BCUT2D eigenvalue weighted by molar-refractivity contribution is 6.29. The Hall–Kier alpha value is -2.81. The monoisotopic (exact) mass is 387 g/mol. The van der Waals surface area contributed by atoms with Crippen LogP contribution in [0.4, 0.5) is 0 Å². The van der Waals surface area contributed by atoms with Crippen molar-refractivity contribution in [2.45, 2.75) is 38.3 Å². The van der Waals surface area contributed by atoms with Gasteiger partial charge in [-0.2, -0.15) is 4.80 Å². The lowest BCUT2D eigenvalue weighted by Gasteiger charge is -2.24. The third-order valence-corrected chi connectivity index (χ3v) is 4.76. The molecule has 0 bridgehead atoms. The van der Waals surface area contributed by atoms with E-state index in [9.17, 15) is 4.79 Å². The fourth-order valence-corrected chi connectivity index (χ4v) is 3.41. The second-order valence-corrected chi connectivity index (χ2v) is 6.79. The first-order chi connectivity index (χ1) is 13.2. The van der Waals surface area contributed by atoms with E-state index in [0.29, 0.717) is 36.1 Å². The van der Waals surface area contributed by atoms with Crippen LogP contribution in [0.3, 0.4) is 0 Å². The molecular formula is C17H18ClN7O2. The van der Waals surface area contributed by atoms with Crippen LogP contribution in [0, 0.1) is 0 Å². The topological polar surface area (TPSA) is 103 Å². The molecule has 0 spiro atoms. The summed E-state index contributed by atoms with van der Waals surface area (Å²) in [5, 5.41) is 16.6. The van der Waals surface area contributed by atoms with Crippen LogP contribution in [-0.4, -0.2) is 53.7 Å². The molecule has 3 aromatic heterocycles. The number of halogens is 1. The molecule has 1 aliphatic rings. The third-order valence-electron chi connectivity index (χ3n) is 4.58. The number of amides is 1. The summed E-state index contributed by atoms with van der Waals surface area (Å²) in [5.74, 6) is 1.25. The zero-order valence-electron chi connectivity index (χ0n) is 14.5. The molecule has 0 saturated carbocycles. The number of hydrogen-bond donors (Lipinski definition) is 0. The van der Waals surface area contributed by atoms with E-state index in [-0.39, 0.29) is 11.9 Å². The Morgan fingerprint density at radius 1 is 1.33 bits per heavy atom. The standard InChI is InChI=1S/C17H18ClN7O2/c18-15-10-14(27-22-15)3-4-16(26)24-9-1-2-13(24)11-25-21-17(20-23-25)12-5-7-19-8-6-12/h5-8,10,13H,1-4,9,11H2. The number of likely N-dealkylation sites (tertiary alicyclic amines) is 1. The minimum absolute atomic E-state index is 0.0651. The summed E-state index contributed by atoms with van der Waals surface area (Å²) in [7, 11) is 0. The van der Waals surface area contributed by atoms with E-state index < -0.39 is 0 Å². The molecule has 4 rings (SSSR count). The van der Waals surface area contributed by atoms with Crippen molar-refractivity contribution in [3.63, 3.8) is 0 Å². The molecule has 1 amide bonds. The molecule has 0 radical (unpaired) electrons. The highest BCUT2D eigenvalue weighted by Gasteiger charge is 2.29. The van der Waals surface area contributed by atoms with E-state index >= 15 is 0 Å². The van der Waals surface area contributed by atoms with Gasteiger partial charge >= 0.3 is 0 Å². The van der Waals surface area contributed by atoms with Crippen LogP contribution in [0.1, 0.15) is 25.0 Å². The number of hydrogen-bond acceptors (Lipinski definition) is 7. The van der Waals surface area contributed by atoms with Gasteiger partial charge in [-0.1, -0.05) is 16.8 Å². The second-order valence-electron chi connectivity index (χ2n) is 6.40. The van der Waals surface area contributed by atoms with E-state index in [1.54, 1.807) is 23.3 Å². The van der Waals surface area contributed by atoms with E-state index in [2.05, 4.69) is 25.6 Å².